The minimum atomic E-state index is 0.0410. The van der Waals surface area contributed by atoms with Crippen molar-refractivity contribution in [2.75, 3.05) is 67.3 Å². The van der Waals surface area contributed by atoms with Gasteiger partial charge >= 0.3 is 0 Å². The Kier molecular flexibility index (Phi) is 19.6. The van der Waals surface area contributed by atoms with Crippen molar-refractivity contribution in [3.05, 3.63) is 95.6 Å². The number of hydrogen-bond donors (Lipinski definition) is 2. The zero-order valence-electron chi connectivity index (χ0n) is 34.3. The number of carbonyl (C=O) groups excluding carboxylic acids is 2. The maximum Gasteiger partial charge on any atom is 0.220 e. The predicted molar refractivity (Wildman–Crippen MR) is 233 cm³/mol. The molecular formula is C44H56N4O8S2+2. The van der Waals surface area contributed by atoms with Crippen molar-refractivity contribution in [2.45, 2.75) is 38.8 Å². The number of rotatable bonds is 25. The van der Waals surface area contributed by atoms with E-state index < -0.39 is 0 Å². The first kappa shape index (κ1) is 45.4. The normalized spacial score (nSPS) is 11.1. The molecule has 2 heterocycles. The standard InChI is InChI=1S/C44H54N4O8S2/c1-51-37-29-33(30-38(52-2)43(37)55-5)17-19-35-13-7-9-23-47(35)25-11-15-41(49)45-21-27-57-58-28-22-46-42(50)16-12-26-48-24-10-8-14-36(48)20-18-34-31-39(53-3)44(56-6)40(32-34)54-4/h7-10,13-14,17-20,23-24,29-32H,11-12,15-16,21-22,25-28H2,1-6H3/p+2. The predicted octanol–water partition coefficient (Wildman–Crippen LogP) is 6.53. The topological polar surface area (TPSA) is 121 Å². The second-order valence-electron chi connectivity index (χ2n) is 12.8. The minimum absolute atomic E-state index is 0.0410. The van der Waals surface area contributed by atoms with Crippen LogP contribution in [0.4, 0.5) is 0 Å². The third kappa shape index (κ3) is 14.2. The van der Waals surface area contributed by atoms with E-state index >= 15 is 0 Å². The molecule has 0 unspecified atom stereocenters. The lowest BCUT2D eigenvalue weighted by molar-refractivity contribution is -0.699. The molecule has 2 aromatic carbocycles. The first-order chi connectivity index (χ1) is 28.3. The number of hydrogen-bond acceptors (Lipinski definition) is 10. The SMILES string of the molecule is COc1cc(C=Cc2cccc[n+]2CCCC(=O)NCCSSCCNC(=O)CCC[n+]2ccccc2C=Cc2cc(OC)c(OC)c(OC)c2)cc(OC)c1OC. The molecule has 0 bridgehead atoms. The number of aryl methyl sites for hydroxylation is 2. The van der Waals surface area contributed by atoms with E-state index in [9.17, 15) is 9.59 Å². The number of ether oxygens (including phenoxy) is 6. The molecule has 0 aliphatic carbocycles. The lowest BCUT2D eigenvalue weighted by atomic mass is 10.1. The Bertz CT molecular complexity index is 1800. The summed E-state index contributed by atoms with van der Waals surface area (Å²) in [5, 5.41) is 6.04. The Balaban J connectivity index is 1.08. The summed E-state index contributed by atoms with van der Waals surface area (Å²) in [6.45, 7) is 2.61. The molecule has 0 atom stereocenters. The van der Waals surface area contributed by atoms with Crippen molar-refractivity contribution in [1.29, 1.82) is 0 Å². The summed E-state index contributed by atoms with van der Waals surface area (Å²) in [4.78, 5) is 25.0. The maximum atomic E-state index is 12.5. The molecule has 2 aromatic heterocycles. The number of aromatic nitrogens is 2. The summed E-state index contributed by atoms with van der Waals surface area (Å²) >= 11 is 0. The lowest BCUT2D eigenvalue weighted by Gasteiger charge is -2.12. The Morgan fingerprint density at radius 3 is 1.28 bits per heavy atom. The Morgan fingerprint density at radius 1 is 0.552 bits per heavy atom. The van der Waals surface area contributed by atoms with Crippen LogP contribution < -0.4 is 48.2 Å². The highest BCUT2D eigenvalue weighted by molar-refractivity contribution is 8.76. The van der Waals surface area contributed by atoms with Gasteiger partial charge in [0.2, 0.25) is 34.7 Å². The summed E-state index contributed by atoms with van der Waals surface area (Å²) in [6, 6.07) is 19.6. The van der Waals surface area contributed by atoms with Crippen molar-refractivity contribution < 1.29 is 47.1 Å². The number of benzene rings is 2. The molecule has 0 saturated carbocycles. The van der Waals surface area contributed by atoms with Gasteiger partial charge in [0.15, 0.2) is 35.4 Å². The third-order valence-electron chi connectivity index (χ3n) is 8.92. The van der Waals surface area contributed by atoms with Gasteiger partial charge in [0.05, 0.1) is 42.7 Å². The molecule has 0 radical (unpaired) electrons. The van der Waals surface area contributed by atoms with Crippen molar-refractivity contribution in [2.24, 2.45) is 0 Å². The molecule has 0 spiro atoms. The van der Waals surface area contributed by atoms with Crippen LogP contribution in [0.3, 0.4) is 0 Å². The van der Waals surface area contributed by atoms with E-state index in [0.717, 1.165) is 34.0 Å². The molecule has 0 aliphatic rings. The second kappa shape index (κ2) is 25.1. The molecule has 58 heavy (non-hydrogen) atoms. The molecule has 2 N–H and O–H groups in total. The molecule has 4 rings (SSSR count). The van der Waals surface area contributed by atoms with Gasteiger partial charge in [-0.25, -0.2) is 0 Å². The van der Waals surface area contributed by atoms with Crippen LogP contribution in [0.15, 0.2) is 73.1 Å². The first-order valence-corrected chi connectivity index (χ1v) is 21.5. The molecule has 0 aliphatic heterocycles. The van der Waals surface area contributed by atoms with Gasteiger partial charge in [0.1, 0.15) is 13.1 Å². The molecule has 310 valence electrons. The molecular weight excluding hydrogens is 777 g/mol. The van der Waals surface area contributed by atoms with Gasteiger partial charge in [-0.05, 0) is 59.7 Å². The molecule has 0 saturated heterocycles. The summed E-state index contributed by atoms with van der Waals surface area (Å²) in [5.74, 6) is 5.14. The van der Waals surface area contributed by atoms with Gasteiger partial charge < -0.3 is 39.1 Å². The fourth-order valence-corrected chi connectivity index (χ4v) is 7.84. The van der Waals surface area contributed by atoms with Crippen molar-refractivity contribution in [3.8, 4) is 34.5 Å². The van der Waals surface area contributed by atoms with Crippen LogP contribution in [-0.4, -0.2) is 79.1 Å². The van der Waals surface area contributed by atoms with Gasteiger partial charge in [-0.1, -0.05) is 21.6 Å². The second-order valence-corrected chi connectivity index (χ2v) is 15.5. The van der Waals surface area contributed by atoms with Crippen LogP contribution in [0.25, 0.3) is 24.3 Å². The number of pyridine rings is 2. The van der Waals surface area contributed by atoms with Crippen molar-refractivity contribution >= 4 is 57.7 Å². The number of methoxy groups -OCH3 is 6. The van der Waals surface area contributed by atoms with Gasteiger partial charge in [-0.15, -0.1) is 0 Å². The zero-order chi connectivity index (χ0) is 41.5. The van der Waals surface area contributed by atoms with Crippen LogP contribution in [0, 0.1) is 0 Å². The molecule has 14 heteroatoms. The maximum absolute atomic E-state index is 12.5. The highest BCUT2D eigenvalue weighted by Gasteiger charge is 2.15. The van der Waals surface area contributed by atoms with Crippen LogP contribution in [0.1, 0.15) is 48.2 Å². The van der Waals surface area contributed by atoms with E-state index in [-0.39, 0.29) is 11.8 Å². The van der Waals surface area contributed by atoms with Gasteiger partial charge in [0, 0.05) is 86.7 Å². The summed E-state index contributed by atoms with van der Waals surface area (Å²) in [5.41, 5.74) is 3.85. The van der Waals surface area contributed by atoms with Gasteiger partial charge in [-0.2, -0.15) is 9.13 Å². The molecule has 0 fully saturated rings. The average molecular weight is 833 g/mol. The van der Waals surface area contributed by atoms with E-state index in [1.165, 1.54) is 0 Å². The number of nitrogens with one attached hydrogen (secondary N) is 2. The van der Waals surface area contributed by atoms with Crippen molar-refractivity contribution in [1.82, 2.24) is 10.6 Å². The van der Waals surface area contributed by atoms with E-state index in [2.05, 4.69) is 19.8 Å². The van der Waals surface area contributed by atoms with E-state index in [1.807, 2.05) is 97.4 Å². The number of carbonyl (C=O) groups is 2. The van der Waals surface area contributed by atoms with Crippen LogP contribution in [0.5, 0.6) is 34.5 Å². The highest BCUT2D eigenvalue weighted by Crippen LogP contribution is 2.39. The minimum Gasteiger partial charge on any atom is -0.493 e. The van der Waals surface area contributed by atoms with Crippen LogP contribution in [0.2, 0.25) is 0 Å². The average Bonchev–Trinajstić information content (AvgIpc) is 3.25. The largest absolute Gasteiger partial charge is 0.493 e. The highest BCUT2D eigenvalue weighted by atomic mass is 33.1. The lowest BCUT2D eigenvalue weighted by Crippen LogP contribution is -2.37. The van der Waals surface area contributed by atoms with Gasteiger partial charge in [-0.3, -0.25) is 9.59 Å². The van der Waals surface area contributed by atoms with E-state index in [1.54, 1.807) is 64.2 Å². The van der Waals surface area contributed by atoms with Crippen molar-refractivity contribution in [3.63, 3.8) is 0 Å². The Labute approximate surface area is 350 Å². The Morgan fingerprint density at radius 2 is 0.931 bits per heavy atom. The Hall–Kier alpha value is -5.34. The molecule has 12 nitrogen and oxygen atoms in total. The number of nitrogens with zero attached hydrogens (tertiary/aromatic N) is 2. The van der Waals surface area contributed by atoms with E-state index in [0.29, 0.717) is 86.4 Å². The van der Waals surface area contributed by atoms with E-state index in [4.69, 9.17) is 28.4 Å². The quantitative estimate of drug-likeness (QED) is 0.0434. The number of amides is 2. The third-order valence-corrected chi connectivity index (χ3v) is 11.3. The molecule has 4 aromatic rings. The van der Waals surface area contributed by atoms with Gasteiger partial charge in [0.25, 0.3) is 0 Å². The summed E-state index contributed by atoms with van der Waals surface area (Å²) < 4.78 is 37.0. The zero-order valence-corrected chi connectivity index (χ0v) is 35.9. The first-order valence-electron chi connectivity index (χ1n) is 19.0. The van der Waals surface area contributed by atoms with Crippen LogP contribution >= 0.6 is 21.6 Å². The summed E-state index contributed by atoms with van der Waals surface area (Å²) in [6.07, 6.45) is 14.4. The molecule has 2 amide bonds. The monoisotopic (exact) mass is 832 g/mol. The van der Waals surface area contributed by atoms with Crippen LogP contribution in [-0.2, 0) is 22.7 Å². The fourth-order valence-electron chi connectivity index (χ4n) is 6.03. The smallest absolute Gasteiger partial charge is 0.220 e. The summed E-state index contributed by atoms with van der Waals surface area (Å²) in [7, 11) is 12.9. The fraction of sp³-hybridized carbons (Fsp3) is 0.364.